The average Bonchev–Trinajstić information content (AvgIpc) is 2.65. The van der Waals surface area contributed by atoms with E-state index < -0.39 is 11.1 Å². The first-order valence-electron chi connectivity index (χ1n) is 9.73. The standard InChI is InChI=1S/C24H30N2O2/c1-6-17-13-18-10-11-20(14-21(18)26-22(17)28-5)24(4,25)15-16-8-7-9-19(12-16)23(2,3)27/h7-14,27H,6,15,25H2,1-5H3. The summed E-state index contributed by atoms with van der Waals surface area (Å²) >= 11 is 0. The first-order chi connectivity index (χ1) is 13.1. The Morgan fingerprint density at radius 3 is 2.43 bits per heavy atom. The molecule has 0 amide bonds. The summed E-state index contributed by atoms with van der Waals surface area (Å²) in [6.45, 7) is 7.71. The summed E-state index contributed by atoms with van der Waals surface area (Å²) in [5.74, 6) is 0.670. The van der Waals surface area contributed by atoms with E-state index in [4.69, 9.17) is 10.5 Å². The molecule has 1 atom stereocenters. The largest absolute Gasteiger partial charge is 0.481 e. The number of hydrogen-bond donors (Lipinski definition) is 2. The van der Waals surface area contributed by atoms with Crippen LogP contribution in [0.1, 0.15) is 49.9 Å². The zero-order valence-electron chi connectivity index (χ0n) is 17.4. The zero-order chi connectivity index (χ0) is 20.5. The van der Waals surface area contributed by atoms with E-state index in [0.717, 1.165) is 39.6 Å². The van der Waals surface area contributed by atoms with Crippen LogP contribution in [-0.4, -0.2) is 17.2 Å². The van der Waals surface area contributed by atoms with Gasteiger partial charge in [-0.2, -0.15) is 0 Å². The smallest absolute Gasteiger partial charge is 0.216 e. The number of aliphatic hydroxyl groups is 1. The molecule has 0 fully saturated rings. The highest BCUT2D eigenvalue weighted by Crippen LogP contribution is 2.29. The molecule has 1 aromatic heterocycles. The molecule has 0 spiro atoms. The minimum Gasteiger partial charge on any atom is -0.481 e. The van der Waals surface area contributed by atoms with Gasteiger partial charge in [-0.15, -0.1) is 0 Å². The maximum atomic E-state index is 10.3. The van der Waals surface area contributed by atoms with E-state index in [9.17, 15) is 5.11 Å². The molecule has 0 saturated carbocycles. The molecule has 0 radical (unpaired) electrons. The number of nitrogens with two attached hydrogens (primary N) is 1. The fraction of sp³-hybridized carbons (Fsp3) is 0.375. The van der Waals surface area contributed by atoms with Gasteiger partial charge in [0.15, 0.2) is 0 Å². The molecule has 148 valence electrons. The van der Waals surface area contributed by atoms with Crippen LogP contribution in [0.15, 0.2) is 48.5 Å². The van der Waals surface area contributed by atoms with Crippen molar-refractivity contribution < 1.29 is 9.84 Å². The quantitative estimate of drug-likeness (QED) is 0.665. The van der Waals surface area contributed by atoms with Crippen molar-refractivity contribution in [3.05, 3.63) is 70.8 Å². The Bertz CT molecular complexity index is 988. The average molecular weight is 379 g/mol. The minimum absolute atomic E-state index is 0.565. The Morgan fingerprint density at radius 2 is 1.79 bits per heavy atom. The van der Waals surface area contributed by atoms with Crippen molar-refractivity contribution in [3.63, 3.8) is 0 Å². The third-order valence-corrected chi connectivity index (χ3v) is 5.30. The first-order valence-corrected chi connectivity index (χ1v) is 9.73. The number of ether oxygens (including phenoxy) is 1. The van der Waals surface area contributed by atoms with Crippen molar-refractivity contribution in [3.8, 4) is 5.88 Å². The molecule has 28 heavy (non-hydrogen) atoms. The van der Waals surface area contributed by atoms with Gasteiger partial charge in [-0.25, -0.2) is 4.98 Å². The lowest BCUT2D eigenvalue weighted by atomic mass is 9.84. The van der Waals surface area contributed by atoms with Crippen LogP contribution >= 0.6 is 0 Å². The topological polar surface area (TPSA) is 68.4 Å². The molecular weight excluding hydrogens is 348 g/mol. The number of rotatable bonds is 6. The fourth-order valence-corrected chi connectivity index (χ4v) is 3.57. The summed E-state index contributed by atoms with van der Waals surface area (Å²) < 4.78 is 5.44. The number of benzene rings is 2. The van der Waals surface area contributed by atoms with Crippen LogP contribution in [0, 0.1) is 0 Å². The number of fused-ring (bicyclic) bond motifs is 1. The molecular formula is C24H30N2O2. The summed E-state index contributed by atoms with van der Waals surface area (Å²) in [5, 5.41) is 11.4. The van der Waals surface area contributed by atoms with Gasteiger partial charge in [0.05, 0.1) is 18.2 Å². The monoisotopic (exact) mass is 378 g/mol. The van der Waals surface area contributed by atoms with Crippen molar-refractivity contribution in [2.75, 3.05) is 7.11 Å². The van der Waals surface area contributed by atoms with E-state index in [2.05, 4.69) is 42.2 Å². The second-order valence-corrected chi connectivity index (χ2v) is 8.27. The Morgan fingerprint density at radius 1 is 1.04 bits per heavy atom. The maximum absolute atomic E-state index is 10.3. The van der Waals surface area contributed by atoms with Crippen LogP contribution in [0.3, 0.4) is 0 Å². The highest BCUT2D eigenvalue weighted by atomic mass is 16.5. The van der Waals surface area contributed by atoms with E-state index in [1.54, 1.807) is 21.0 Å². The Balaban J connectivity index is 1.96. The minimum atomic E-state index is -0.874. The van der Waals surface area contributed by atoms with E-state index in [1.807, 2.05) is 25.1 Å². The Kier molecular flexibility index (Phi) is 5.46. The van der Waals surface area contributed by atoms with E-state index in [0.29, 0.717) is 12.3 Å². The number of hydrogen-bond acceptors (Lipinski definition) is 4. The van der Waals surface area contributed by atoms with Crippen molar-refractivity contribution in [1.29, 1.82) is 0 Å². The molecule has 1 unspecified atom stereocenters. The molecule has 2 aromatic carbocycles. The highest BCUT2D eigenvalue weighted by molar-refractivity contribution is 5.81. The molecule has 3 aromatic rings. The number of pyridine rings is 1. The van der Waals surface area contributed by atoms with Crippen LogP contribution in [-0.2, 0) is 24.0 Å². The fourth-order valence-electron chi connectivity index (χ4n) is 3.57. The van der Waals surface area contributed by atoms with Gasteiger partial charge in [0.1, 0.15) is 0 Å². The second kappa shape index (κ2) is 7.53. The molecule has 3 rings (SSSR count). The van der Waals surface area contributed by atoms with Crippen molar-refractivity contribution in [2.45, 2.75) is 51.7 Å². The lowest BCUT2D eigenvalue weighted by Gasteiger charge is -2.27. The molecule has 0 saturated heterocycles. The van der Waals surface area contributed by atoms with Crippen LogP contribution in [0.25, 0.3) is 10.9 Å². The summed E-state index contributed by atoms with van der Waals surface area (Å²) in [7, 11) is 1.65. The van der Waals surface area contributed by atoms with Gasteiger partial charge in [-0.1, -0.05) is 43.3 Å². The maximum Gasteiger partial charge on any atom is 0.216 e. The van der Waals surface area contributed by atoms with Crippen LogP contribution in [0.5, 0.6) is 5.88 Å². The number of methoxy groups -OCH3 is 1. The predicted octanol–water partition coefficient (Wildman–Crippen LogP) is 4.45. The number of aryl methyl sites for hydroxylation is 1. The van der Waals surface area contributed by atoms with Crippen molar-refractivity contribution in [1.82, 2.24) is 4.98 Å². The van der Waals surface area contributed by atoms with Crippen LogP contribution < -0.4 is 10.5 Å². The van der Waals surface area contributed by atoms with Gasteiger partial charge in [0.2, 0.25) is 5.88 Å². The van der Waals surface area contributed by atoms with E-state index >= 15 is 0 Å². The third-order valence-electron chi connectivity index (χ3n) is 5.30. The van der Waals surface area contributed by atoms with Crippen LogP contribution in [0.2, 0.25) is 0 Å². The Labute approximate surface area is 167 Å². The van der Waals surface area contributed by atoms with Gasteiger partial charge in [0.25, 0.3) is 0 Å². The SMILES string of the molecule is CCc1cc2ccc(C(C)(N)Cc3cccc(C(C)(C)O)c3)cc2nc1OC. The molecule has 0 bridgehead atoms. The second-order valence-electron chi connectivity index (χ2n) is 8.27. The van der Waals surface area contributed by atoms with Gasteiger partial charge in [0, 0.05) is 16.5 Å². The third kappa shape index (κ3) is 4.18. The van der Waals surface area contributed by atoms with Gasteiger partial charge < -0.3 is 15.6 Å². The lowest BCUT2D eigenvalue weighted by molar-refractivity contribution is 0.0785. The summed E-state index contributed by atoms with van der Waals surface area (Å²) in [6.07, 6.45) is 1.53. The zero-order valence-corrected chi connectivity index (χ0v) is 17.4. The Hall–Kier alpha value is -2.43. The molecule has 3 N–H and O–H groups in total. The lowest BCUT2D eigenvalue weighted by Crippen LogP contribution is -2.35. The number of aromatic nitrogens is 1. The molecule has 4 nitrogen and oxygen atoms in total. The highest BCUT2D eigenvalue weighted by Gasteiger charge is 2.24. The van der Waals surface area contributed by atoms with Gasteiger partial charge in [-0.05, 0) is 62.4 Å². The predicted molar refractivity (Wildman–Crippen MR) is 115 cm³/mol. The van der Waals surface area contributed by atoms with Crippen molar-refractivity contribution in [2.24, 2.45) is 5.73 Å². The van der Waals surface area contributed by atoms with Gasteiger partial charge >= 0.3 is 0 Å². The first kappa shape index (κ1) is 20.3. The molecule has 0 aliphatic rings. The van der Waals surface area contributed by atoms with E-state index in [1.165, 1.54) is 0 Å². The normalized spacial score (nSPS) is 14.1. The van der Waals surface area contributed by atoms with Crippen LogP contribution in [0.4, 0.5) is 0 Å². The van der Waals surface area contributed by atoms with Crippen molar-refractivity contribution >= 4 is 10.9 Å². The summed E-state index contributed by atoms with van der Waals surface area (Å²) in [4.78, 5) is 4.68. The molecule has 1 heterocycles. The van der Waals surface area contributed by atoms with E-state index in [-0.39, 0.29) is 0 Å². The molecule has 4 heteroatoms. The van der Waals surface area contributed by atoms with Gasteiger partial charge in [-0.3, -0.25) is 0 Å². The molecule has 0 aliphatic heterocycles. The summed E-state index contributed by atoms with van der Waals surface area (Å²) in [5.41, 5.74) is 10.3. The molecule has 0 aliphatic carbocycles. The number of nitrogens with zero attached hydrogens (tertiary/aromatic N) is 1. The summed E-state index contributed by atoms with van der Waals surface area (Å²) in [6, 6.07) is 16.3.